The molecule has 0 bridgehead atoms. The summed E-state index contributed by atoms with van der Waals surface area (Å²) in [5.41, 5.74) is 1.11. The van der Waals surface area contributed by atoms with Crippen LogP contribution in [0.5, 0.6) is 0 Å². The molecule has 114 valence electrons. The van der Waals surface area contributed by atoms with Crippen LogP contribution in [0.3, 0.4) is 0 Å². The molecule has 2 heterocycles. The summed E-state index contributed by atoms with van der Waals surface area (Å²) in [4.78, 5) is 28.3. The number of carbonyl (C=O) groups excluding carboxylic acids is 1. The number of carbonyl (C=O) groups is 2. The first-order valence-electron chi connectivity index (χ1n) is 7.15. The monoisotopic (exact) mass is 292 g/mol. The second kappa shape index (κ2) is 7.73. The van der Waals surface area contributed by atoms with Crippen molar-refractivity contribution in [1.82, 2.24) is 9.88 Å². The van der Waals surface area contributed by atoms with E-state index in [-0.39, 0.29) is 18.6 Å². The number of rotatable bonds is 6. The lowest BCUT2D eigenvalue weighted by molar-refractivity contribution is -0.146. The molecule has 0 aromatic carbocycles. The van der Waals surface area contributed by atoms with Crippen LogP contribution >= 0.6 is 0 Å². The Morgan fingerprint density at radius 1 is 1.29 bits per heavy atom. The van der Waals surface area contributed by atoms with E-state index >= 15 is 0 Å². The molecule has 0 saturated carbocycles. The van der Waals surface area contributed by atoms with Gasteiger partial charge in [0.25, 0.3) is 0 Å². The predicted octanol–water partition coefficient (Wildman–Crippen LogP) is 1.11. The highest BCUT2D eigenvalue weighted by Gasteiger charge is 2.23. The van der Waals surface area contributed by atoms with Gasteiger partial charge < -0.3 is 14.7 Å². The molecule has 1 amide bonds. The number of piperidine rings is 1. The van der Waals surface area contributed by atoms with Gasteiger partial charge in [-0.05, 0) is 37.0 Å². The topological polar surface area (TPSA) is 79.7 Å². The van der Waals surface area contributed by atoms with Gasteiger partial charge >= 0.3 is 5.97 Å². The summed E-state index contributed by atoms with van der Waals surface area (Å²) in [6.45, 7) is 1.01. The Bertz CT molecular complexity index is 470. The summed E-state index contributed by atoms with van der Waals surface area (Å²) in [5.74, 6) is -0.811. The SMILES string of the molecule is O=C(O)COC1CCN(C(=O)CCc2ccncc2)CC1. The average molecular weight is 292 g/mol. The Morgan fingerprint density at radius 2 is 1.95 bits per heavy atom. The van der Waals surface area contributed by atoms with Crippen LogP contribution in [0.1, 0.15) is 24.8 Å². The molecule has 0 atom stereocenters. The van der Waals surface area contributed by atoms with Gasteiger partial charge in [-0.2, -0.15) is 0 Å². The summed E-state index contributed by atoms with van der Waals surface area (Å²) < 4.78 is 5.26. The van der Waals surface area contributed by atoms with Gasteiger partial charge in [-0.1, -0.05) is 0 Å². The second-order valence-electron chi connectivity index (χ2n) is 5.14. The van der Waals surface area contributed by atoms with Gasteiger partial charge in [0.2, 0.25) is 5.91 Å². The number of carboxylic acids is 1. The molecule has 1 aromatic rings. The lowest BCUT2D eigenvalue weighted by Gasteiger charge is -2.31. The fourth-order valence-corrected chi connectivity index (χ4v) is 2.42. The first kappa shape index (κ1) is 15.4. The summed E-state index contributed by atoms with van der Waals surface area (Å²) in [6.07, 6.45) is 6.02. The molecule has 1 N–H and O–H groups in total. The fraction of sp³-hybridized carbons (Fsp3) is 0.533. The number of ether oxygens (including phenoxy) is 1. The Labute approximate surface area is 123 Å². The number of pyridine rings is 1. The number of likely N-dealkylation sites (tertiary alicyclic amines) is 1. The number of nitrogens with zero attached hydrogens (tertiary/aromatic N) is 2. The van der Waals surface area contributed by atoms with E-state index in [0.29, 0.717) is 32.4 Å². The number of hydrogen-bond acceptors (Lipinski definition) is 4. The van der Waals surface area contributed by atoms with Gasteiger partial charge in [-0.25, -0.2) is 4.79 Å². The Balaban J connectivity index is 1.69. The molecule has 1 fully saturated rings. The van der Waals surface area contributed by atoms with Crippen molar-refractivity contribution in [3.63, 3.8) is 0 Å². The van der Waals surface area contributed by atoms with Crippen molar-refractivity contribution in [2.75, 3.05) is 19.7 Å². The Morgan fingerprint density at radius 3 is 2.57 bits per heavy atom. The highest BCUT2D eigenvalue weighted by molar-refractivity contribution is 5.76. The summed E-state index contributed by atoms with van der Waals surface area (Å²) in [6, 6.07) is 3.83. The molecule has 1 aromatic heterocycles. The normalized spacial score (nSPS) is 15.9. The zero-order valence-corrected chi connectivity index (χ0v) is 11.9. The minimum Gasteiger partial charge on any atom is -0.480 e. The molecule has 21 heavy (non-hydrogen) atoms. The van der Waals surface area contributed by atoms with Crippen molar-refractivity contribution >= 4 is 11.9 Å². The van der Waals surface area contributed by atoms with E-state index in [1.807, 2.05) is 17.0 Å². The zero-order chi connectivity index (χ0) is 15.1. The summed E-state index contributed by atoms with van der Waals surface area (Å²) in [7, 11) is 0. The minimum absolute atomic E-state index is 0.0506. The quantitative estimate of drug-likeness (QED) is 0.849. The first-order valence-corrected chi connectivity index (χ1v) is 7.15. The van der Waals surface area contributed by atoms with Crippen molar-refractivity contribution < 1.29 is 19.4 Å². The van der Waals surface area contributed by atoms with Gasteiger partial charge in [0.05, 0.1) is 6.10 Å². The summed E-state index contributed by atoms with van der Waals surface area (Å²) >= 11 is 0. The van der Waals surface area contributed by atoms with E-state index in [9.17, 15) is 9.59 Å². The summed E-state index contributed by atoms with van der Waals surface area (Å²) in [5, 5.41) is 8.57. The number of amides is 1. The highest BCUT2D eigenvalue weighted by Crippen LogP contribution is 2.15. The van der Waals surface area contributed by atoms with Crippen LogP contribution in [0, 0.1) is 0 Å². The van der Waals surface area contributed by atoms with E-state index in [4.69, 9.17) is 9.84 Å². The lowest BCUT2D eigenvalue weighted by Crippen LogP contribution is -2.41. The van der Waals surface area contributed by atoms with Gasteiger partial charge in [0, 0.05) is 31.9 Å². The maximum absolute atomic E-state index is 12.1. The van der Waals surface area contributed by atoms with Crippen LogP contribution < -0.4 is 0 Å². The highest BCUT2D eigenvalue weighted by atomic mass is 16.5. The largest absolute Gasteiger partial charge is 0.480 e. The van der Waals surface area contributed by atoms with Crippen LogP contribution in [0.25, 0.3) is 0 Å². The van der Waals surface area contributed by atoms with E-state index in [0.717, 1.165) is 12.0 Å². The molecule has 0 unspecified atom stereocenters. The zero-order valence-electron chi connectivity index (χ0n) is 11.9. The van der Waals surface area contributed by atoms with E-state index in [1.165, 1.54) is 0 Å². The van der Waals surface area contributed by atoms with Gasteiger partial charge in [0.1, 0.15) is 6.61 Å². The maximum atomic E-state index is 12.1. The van der Waals surface area contributed by atoms with E-state index < -0.39 is 5.97 Å². The number of aryl methyl sites for hydroxylation is 1. The van der Waals surface area contributed by atoms with Crippen molar-refractivity contribution in [1.29, 1.82) is 0 Å². The second-order valence-corrected chi connectivity index (χ2v) is 5.14. The molecular formula is C15H20N2O4. The van der Waals surface area contributed by atoms with Gasteiger partial charge in [-0.15, -0.1) is 0 Å². The number of aromatic nitrogens is 1. The third-order valence-corrected chi connectivity index (χ3v) is 3.61. The smallest absolute Gasteiger partial charge is 0.329 e. The molecule has 6 nitrogen and oxygen atoms in total. The third-order valence-electron chi connectivity index (χ3n) is 3.61. The number of hydrogen-bond donors (Lipinski definition) is 1. The van der Waals surface area contributed by atoms with Crippen molar-refractivity contribution in [3.05, 3.63) is 30.1 Å². The number of carboxylic acid groups (broad SMARTS) is 1. The molecule has 1 aliphatic heterocycles. The van der Waals surface area contributed by atoms with Crippen molar-refractivity contribution in [2.24, 2.45) is 0 Å². The number of aliphatic carboxylic acids is 1. The van der Waals surface area contributed by atoms with Crippen LogP contribution in [-0.2, 0) is 20.7 Å². The molecule has 0 radical (unpaired) electrons. The first-order chi connectivity index (χ1) is 10.1. The van der Waals surface area contributed by atoms with Crippen LogP contribution in [0.2, 0.25) is 0 Å². The Hall–Kier alpha value is -1.95. The maximum Gasteiger partial charge on any atom is 0.329 e. The van der Waals surface area contributed by atoms with E-state index in [1.54, 1.807) is 12.4 Å². The minimum atomic E-state index is -0.953. The molecule has 2 rings (SSSR count). The van der Waals surface area contributed by atoms with Crippen LogP contribution in [0.15, 0.2) is 24.5 Å². The van der Waals surface area contributed by atoms with Crippen molar-refractivity contribution in [2.45, 2.75) is 31.8 Å². The van der Waals surface area contributed by atoms with Gasteiger partial charge in [0.15, 0.2) is 0 Å². The molecule has 1 saturated heterocycles. The van der Waals surface area contributed by atoms with Crippen LogP contribution in [0.4, 0.5) is 0 Å². The molecule has 6 heteroatoms. The van der Waals surface area contributed by atoms with Gasteiger partial charge in [-0.3, -0.25) is 9.78 Å². The molecule has 1 aliphatic rings. The van der Waals surface area contributed by atoms with Crippen molar-refractivity contribution in [3.8, 4) is 0 Å². The fourth-order valence-electron chi connectivity index (χ4n) is 2.42. The van der Waals surface area contributed by atoms with E-state index in [2.05, 4.69) is 4.98 Å². The molecule has 0 spiro atoms. The van der Waals surface area contributed by atoms with Crippen LogP contribution in [-0.4, -0.2) is 52.7 Å². The molecular weight excluding hydrogens is 272 g/mol. The molecule has 0 aliphatic carbocycles. The predicted molar refractivity (Wildman–Crippen MR) is 75.7 cm³/mol. The standard InChI is InChI=1S/C15H20N2O4/c18-14(2-1-12-3-7-16-8-4-12)17-9-5-13(6-10-17)21-11-15(19)20/h3-4,7-8,13H,1-2,5-6,9-11H2,(H,19,20). The average Bonchev–Trinajstić information content (AvgIpc) is 2.52. The Kier molecular flexibility index (Phi) is 5.68. The lowest BCUT2D eigenvalue weighted by atomic mass is 10.1. The third kappa shape index (κ3) is 5.15.